The SMILES string of the molecule is C/C(=C\C(C)C)C(=O)OC12CC3CC(CC(C3)C1)C2. The zero-order valence-corrected chi connectivity index (χ0v) is 12.4. The lowest BCUT2D eigenvalue weighted by atomic mass is 9.54. The Kier molecular flexibility index (Phi) is 3.23. The fourth-order valence-electron chi connectivity index (χ4n) is 5.00. The van der Waals surface area contributed by atoms with Gasteiger partial charge in [0.15, 0.2) is 0 Å². The summed E-state index contributed by atoms with van der Waals surface area (Å²) in [5.74, 6) is 2.81. The topological polar surface area (TPSA) is 26.3 Å². The molecule has 0 unspecified atom stereocenters. The summed E-state index contributed by atoms with van der Waals surface area (Å²) in [4.78, 5) is 12.3. The molecule has 4 saturated carbocycles. The van der Waals surface area contributed by atoms with Crippen LogP contribution in [0.5, 0.6) is 0 Å². The summed E-state index contributed by atoms with van der Waals surface area (Å²) in [6.45, 7) is 6.09. The molecule has 0 radical (unpaired) electrons. The van der Waals surface area contributed by atoms with Crippen molar-refractivity contribution >= 4 is 5.97 Å². The van der Waals surface area contributed by atoms with Crippen molar-refractivity contribution in [1.82, 2.24) is 0 Å². The Morgan fingerprint density at radius 2 is 1.58 bits per heavy atom. The zero-order valence-electron chi connectivity index (χ0n) is 12.4. The summed E-state index contributed by atoms with van der Waals surface area (Å²) in [6.07, 6.45) is 9.55. The largest absolute Gasteiger partial charge is 0.456 e. The minimum absolute atomic E-state index is 0.0735. The third kappa shape index (κ3) is 2.59. The molecule has 4 bridgehead atoms. The molecular formula is C17H26O2. The molecule has 4 aliphatic carbocycles. The van der Waals surface area contributed by atoms with Crippen molar-refractivity contribution in [2.45, 2.75) is 64.9 Å². The molecule has 0 N–H and O–H groups in total. The molecule has 0 amide bonds. The van der Waals surface area contributed by atoms with E-state index in [0.29, 0.717) is 5.92 Å². The van der Waals surface area contributed by atoms with Crippen LogP contribution in [0.4, 0.5) is 0 Å². The highest BCUT2D eigenvalue weighted by Gasteiger charge is 2.53. The van der Waals surface area contributed by atoms with Gasteiger partial charge in [-0.15, -0.1) is 0 Å². The quantitative estimate of drug-likeness (QED) is 0.565. The third-order valence-electron chi connectivity index (χ3n) is 5.20. The van der Waals surface area contributed by atoms with Crippen LogP contribution in [0, 0.1) is 23.7 Å². The summed E-state index contributed by atoms with van der Waals surface area (Å²) in [5.41, 5.74) is 0.684. The van der Waals surface area contributed by atoms with Gasteiger partial charge in [0.2, 0.25) is 0 Å². The van der Waals surface area contributed by atoms with Gasteiger partial charge in [-0.05, 0) is 69.1 Å². The van der Waals surface area contributed by atoms with Gasteiger partial charge in [-0.2, -0.15) is 0 Å². The molecule has 2 nitrogen and oxygen atoms in total. The highest BCUT2D eigenvalue weighted by atomic mass is 16.6. The van der Waals surface area contributed by atoms with E-state index in [0.717, 1.165) is 42.6 Å². The van der Waals surface area contributed by atoms with E-state index in [-0.39, 0.29) is 11.6 Å². The predicted molar refractivity (Wildman–Crippen MR) is 75.6 cm³/mol. The van der Waals surface area contributed by atoms with E-state index in [9.17, 15) is 4.79 Å². The lowest BCUT2D eigenvalue weighted by molar-refractivity contribution is -0.182. The van der Waals surface area contributed by atoms with Gasteiger partial charge in [0.1, 0.15) is 5.60 Å². The van der Waals surface area contributed by atoms with Crippen molar-refractivity contribution in [3.05, 3.63) is 11.6 Å². The van der Waals surface area contributed by atoms with Crippen LogP contribution in [-0.4, -0.2) is 11.6 Å². The Balaban J connectivity index is 1.71. The van der Waals surface area contributed by atoms with E-state index < -0.39 is 0 Å². The smallest absolute Gasteiger partial charge is 0.333 e. The van der Waals surface area contributed by atoms with Crippen molar-refractivity contribution in [1.29, 1.82) is 0 Å². The summed E-state index contributed by atoms with van der Waals surface area (Å²) in [6, 6.07) is 0. The minimum Gasteiger partial charge on any atom is -0.456 e. The number of allylic oxidation sites excluding steroid dienone is 1. The first-order valence-corrected chi connectivity index (χ1v) is 7.87. The number of esters is 1. The average Bonchev–Trinajstić information content (AvgIpc) is 2.24. The number of carbonyl (C=O) groups is 1. The number of carbonyl (C=O) groups excluding carboxylic acids is 1. The first-order chi connectivity index (χ1) is 8.96. The highest BCUT2D eigenvalue weighted by Crippen LogP contribution is 2.57. The molecule has 0 aromatic rings. The second-order valence-corrected chi connectivity index (χ2v) is 7.58. The van der Waals surface area contributed by atoms with Crippen molar-refractivity contribution in [2.24, 2.45) is 23.7 Å². The van der Waals surface area contributed by atoms with Crippen LogP contribution in [0.25, 0.3) is 0 Å². The fraction of sp³-hybridized carbons (Fsp3) is 0.824. The third-order valence-corrected chi connectivity index (χ3v) is 5.20. The Hall–Kier alpha value is -0.790. The van der Waals surface area contributed by atoms with Crippen molar-refractivity contribution in [3.8, 4) is 0 Å². The molecule has 0 atom stereocenters. The molecule has 4 rings (SSSR count). The van der Waals surface area contributed by atoms with Gasteiger partial charge < -0.3 is 4.74 Å². The minimum atomic E-state index is -0.0993. The van der Waals surface area contributed by atoms with Gasteiger partial charge >= 0.3 is 5.97 Å². The maximum absolute atomic E-state index is 12.3. The first kappa shape index (κ1) is 13.2. The predicted octanol–water partition coefficient (Wildman–Crippen LogP) is 4.10. The number of hydrogen-bond donors (Lipinski definition) is 0. The second-order valence-electron chi connectivity index (χ2n) is 7.58. The summed E-state index contributed by atoms with van der Waals surface area (Å²) in [5, 5.41) is 0. The van der Waals surface area contributed by atoms with Crippen molar-refractivity contribution in [2.75, 3.05) is 0 Å². The standard InChI is InChI=1S/C17H26O2/c1-11(2)4-12(3)16(18)19-17-8-13-5-14(9-17)7-15(6-13)10-17/h4,11,13-15H,5-10H2,1-3H3/b12-4+. The number of ether oxygens (including phenoxy) is 1. The molecule has 0 aromatic carbocycles. The van der Waals surface area contributed by atoms with E-state index in [1.54, 1.807) is 0 Å². The summed E-state index contributed by atoms with van der Waals surface area (Å²) in [7, 11) is 0. The Morgan fingerprint density at radius 3 is 2.00 bits per heavy atom. The fourth-order valence-corrected chi connectivity index (χ4v) is 5.00. The van der Waals surface area contributed by atoms with Crippen LogP contribution in [0.15, 0.2) is 11.6 Å². The van der Waals surface area contributed by atoms with Gasteiger partial charge in [-0.3, -0.25) is 0 Å². The Bertz CT molecular complexity index is 370. The molecule has 2 heteroatoms. The van der Waals surface area contributed by atoms with E-state index in [1.165, 1.54) is 19.3 Å². The summed E-state index contributed by atoms with van der Waals surface area (Å²) >= 11 is 0. The van der Waals surface area contributed by atoms with Gasteiger partial charge in [0, 0.05) is 5.57 Å². The second kappa shape index (κ2) is 4.64. The molecule has 0 heterocycles. The van der Waals surface area contributed by atoms with Crippen LogP contribution in [0.2, 0.25) is 0 Å². The van der Waals surface area contributed by atoms with Crippen LogP contribution in [0.1, 0.15) is 59.3 Å². The molecule has 0 aromatic heterocycles. The molecule has 0 spiro atoms. The van der Waals surface area contributed by atoms with Gasteiger partial charge in [-0.1, -0.05) is 19.9 Å². The van der Waals surface area contributed by atoms with Crippen molar-refractivity contribution < 1.29 is 9.53 Å². The average molecular weight is 262 g/mol. The Labute approximate surface area is 116 Å². The molecule has 0 aliphatic heterocycles. The van der Waals surface area contributed by atoms with Crippen LogP contribution in [-0.2, 0) is 9.53 Å². The molecule has 4 fully saturated rings. The molecule has 19 heavy (non-hydrogen) atoms. The van der Waals surface area contributed by atoms with Crippen LogP contribution < -0.4 is 0 Å². The number of hydrogen-bond acceptors (Lipinski definition) is 2. The van der Waals surface area contributed by atoms with E-state index in [2.05, 4.69) is 13.8 Å². The molecule has 106 valence electrons. The monoisotopic (exact) mass is 262 g/mol. The zero-order chi connectivity index (χ0) is 13.6. The van der Waals surface area contributed by atoms with Crippen LogP contribution >= 0.6 is 0 Å². The molecule has 0 saturated heterocycles. The van der Waals surface area contributed by atoms with Gasteiger partial charge in [-0.25, -0.2) is 4.79 Å². The van der Waals surface area contributed by atoms with Gasteiger partial charge in [0.05, 0.1) is 0 Å². The van der Waals surface area contributed by atoms with Crippen LogP contribution in [0.3, 0.4) is 0 Å². The highest BCUT2D eigenvalue weighted by molar-refractivity contribution is 5.88. The van der Waals surface area contributed by atoms with E-state index >= 15 is 0 Å². The lowest BCUT2D eigenvalue weighted by Crippen LogP contribution is -2.52. The van der Waals surface area contributed by atoms with Crippen molar-refractivity contribution in [3.63, 3.8) is 0 Å². The number of rotatable bonds is 3. The van der Waals surface area contributed by atoms with Gasteiger partial charge in [0.25, 0.3) is 0 Å². The maximum atomic E-state index is 12.3. The molecular weight excluding hydrogens is 236 g/mol. The summed E-state index contributed by atoms with van der Waals surface area (Å²) < 4.78 is 6.01. The molecule has 4 aliphatic rings. The normalized spacial score (nSPS) is 40.8. The maximum Gasteiger partial charge on any atom is 0.333 e. The Morgan fingerprint density at radius 1 is 1.11 bits per heavy atom. The first-order valence-electron chi connectivity index (χ1n) is 7.87. The van der Waals surface area contributed by atoms with E-state index in [1.807, 2.05) is 13.0 Å². The lowest BCUT2D eigenvalue weighted by Gasteiger charge is -2.55. The van der Waals surface area contributed by atoms with E-state index in [4.69, 9.17) is 4.74 Å².